The minimum Gasteiger partial charge on any atom is -0.497 e. The van der Waals surface area contributed by atoms with E-state index in [1.54, 1.807) is 7.11 Å². The van der Waals surface area contributed by atoms with Crippen LogP contribution in [-0.2, 0) is 11.3 Å². The summed E-state index contributed by atoms with van der Waals surface area (Å²) in [6.45, 7) is 2.02. The van der Waals surface area contributed by atoms with Gasteiger partial charge in [-0.25, -0.2) is 14.5 Å². The Hall–Kier alpha value is -4.11. The van der Waals surface area contributed by atoms with Crippen LogP contribution in [0.25, 0.3) is 22.2 Å². The van der Waals surface area contributed by atoms with Gasteiger partial charge < -0.3 is 19.5 Å². The van der Waals surface area contributed by atoms with E-state index in [2.05, 4.69) is 22.1 Å². The Bertz CT molecular complexity index is 1320. The number of nitrogens with zero attached hydrogens (tertiary/aromatic N) is 5. The molecule has 2 aromatic heterocycles. The van der Waals surface area contributed by atoms with Crippen molar-refractivity contribution in [2.75, 3.05) is 38.8 Å². The van der Waals surface area contributed by atoms with Crippen molar-refractivity contribution in [1.82, 2.24) is 19.7 Å². The molecule has 0 aliphatic carbocycles. The van der Waals surface area contributed by atoms with Crippen LogP contribution in [0.2, 0.25) is 0 Å². The highest BCUT2D eigenvalue weighted by molar-refractivity contribution is 5.98. The van der Waals surface area contributed by atoms with Crippen LogP contribution < -0.4 is 9.64 Å². The van der Waals surface area contributed by atoms with Gasteiger partial charge in [0.1, 0.15) is 5.75 Å². The number of carbonyl (C=O) groups is 1. The maximum atomic E-state index is 11.6. The van der Waals surface area contributed by atoms with Gasteiger partial charge in [-0.15, -0.1) is 0 Å². The SMILES string of the molecule is COc1ccc(Cn2ncc3c(N4CCOC(N(C)C(=O)O)C4)c(-c4ccccc4)cnc32)cc1. The highest BCUT2D eigenvalue weighted by atomic mass is 16.5. The van der Waals surface area contributed by atoms with E-state index in [9.17, 15) is 9.90 Å². The van der Waals surface area contributed by atoms with Crippen molar-refractivity contribution in [3.63, 3.8) is 0 Å². The van der Waals surface area contributed by atoms with Crippen LogP contribution in [-0.4, -0.2) is 70.9 Å². The molecule has 9 heteroatoms. The van der Waals surface area contributed by atoms with Crippen LogP contribution in [0.3, 0.4) is 0 Å². The highest BCUT2D eigenvalue weighted by Gasteiger charge is 2.30. The summed E-state index contributed by atoms with van der Waals surface area (Å²) in [4.78, 5) is 19.7. The summed E-state index contributed by atoms with van der Waals surface area (Å²) < 4.78 is 12.9. The molecular formula is C26H27N5O4. The number of methoxy groups -OCH3 is 1. The summed E-state index contributed by atoms with van der Waals surface area (Å²) in [6.07, 6.45) is 2.14. The Morgan fingerprint density at radius 2 is 1.94 bits per heavy atom. The van der Waals surface area contributed by atoms with Crippen molar-refractivity contribution in [2.45, 2.75) is 12.8 Å². The average Bonchev–Trinajstić information content (AvgIpc) is 3.31. The molecule has 1 fully saturated rings. The van der Waals surface area contributed by atoms with Gasteiger partial charge in [0.05, 0.1) is 44.1 Å². The maximum absolute atomic E-state index is 11.6. The standard InChI is InChI=1S/C26H27N5O4/c1-29(26(32)33)23-17-30(12-13-35-23)24-21(19-6-4-3-5-7-19)14-27-25-22(24)15-28-31(25)16-18-8-10-20(34-2)11-9-18/h3-11,14-15,23H,12-13,16-17H2,1-2H3,(H,32,33). The zero-order valence-corrected chi connectivity index (χ0v) is 19.7. The number of carboxylic acid groups (broad SMARTS) is 1. The molecule has 0 spiro atoms. The monoisotopic (exact) mass is 473 g/mol. The number of anilines is 1. The molecule has 1 saturated heterocycles. The van der Waals surface area contributed by atoms with Crippen LogP contribution in [0.15, 0.2) is 67.0 Å². The van der Waals surface area contributed by atoms with E-state index in [0.29, 0.717) is 26.2 Å². The lowest BCUT2D eigenvalue weighted by atomic mass is 10.0. The molecule has 1 unspecified atom stereocenters. The normalized spacial score (nSPS) is 15.8. The summed E-state index contributed by atoms with van der Waals surface area (Å²) in [6, 6.07) is 18.0. The second-order valence-corrected chi connectivity index (χ2v) is 8.44. The first kappa shape index (κ1) is 22.7. The van der Waals surface area contributed by atoms with Crippen molar-refractivity contribution >= 4 is 22.8 Å². The van der Waals surface area contributed by atoms with Gasteiger partial charge in [-0.3, -0.25) is 4.90 Å². The number of likely N-dealkylation sites (N-methyl/N-ethyl adjacent to an activating group) is 1. The molecule has 1 N–H and O–H groups in total. The number of hydrogen-bond acceptors (Lipinski definition) is 6. The van der Waals surface area contributed by atoms with E-state index in [4.69, 9.17) is 14.5 Å². The van der Waals surface area contributed by atoms with Crippen molar-refractivity contribution in [2.24, 2.45) is 0 Å². The number of benzene rings is 2. The van der Waals surface area contributed by atoms with Crippen LogP contribution in [0.4, 0.5) is 10.5 Å². The lowest BCUT2D eigenvalue weighted by Gasteiger charge is -2.38. The number of fused-ring (bicyclic) bond motifs is 1. The molecule has 0 saturated carbocycles. The largest absolute Gasteiger partial charge is 0.497 e. The predicted molar refractivity (Wildman–Crippen MR) is 133 cm³/mol. The number of hydrogen-bond donors (Lipinski definition) is 1. The maximum Gasteiger partial charge on any atom is 0.409 e. The van der Waals surface area contributed by atoms with Gasteiger partial charge >= 0.3 is 6.09 Å². The van der Waals surface area contributed by atoms with Crippen LogP contribution >= 0.6 is 0 Å². The molecule has 9 nitrogen and oxygen atoms in total. The molecule has 180 valence electrons. The second-order valence-electron chi connectivity index (χ2n) is 8.44. The van der Waals surface area contributed by atoms with E-state index in [-0.39, 0.29) is 0 Å². The van der Waals surface area contributed by atoms with E-state index in [0.717, 1.165) is 39.2 Å². The Labute approximate surface area is 203 Å². The quantitative estimate of drug-likeness (QED) is 0.454. The third-order valence-electron chi connectivity index (χ3n) is 6.31. The minimum atomic E-state index is -1.02. The molecule has 1 aliphatic rings. The van der Waals surface area contributed by atoms with E-state index in [1.165, 1.54) is 11.9 Å². The van der Waals surface area contributed by atoms with E-state index >= 15 is 0 Å². The number of amides is 1. The first-order valence-corrected chi connectivity index (χ1v) is 11.4. The first-order valence-electron chi connectivity index (χ1n) is 11.4. The fourth-order valence-electron chi connectivity index (χ4n) is 4.40. The molecule has 3 heterocycles. The fourth-order valence-corrected chi connectivity index (χ4v) is 4.40. The fraction of sp³-hybridized carbons (Fsp3) is 0.269. The lowest BCUT2D eigenvalue weighted by Crippen LogP contribution is -2.51. The van der Waals surface area contributed by atoms with Gasteiger partial charge in [0.2, 0.25) is 0 Å². The number of aromatic nitrogens is 3. The number of pyridine rings is 1. The van der Waals surface area contributed by atoms with Crippen LogP contribution in [0.5, 0.6) is 5.75 Å². The summed E-state index contributed by atoms with van der Waals surface area (Å²) in [5.74, 6) is 0.806. The highest BCUT2D eigenvalue weighted by Crippen LogP contribution is 2.37. The van der Waals surface area contributed by atoms with Crippen molar-refractivity contribution < 1.29 is 19.4 Å². The van der Waals surface area contributed by atoms with Gasteiger partial charge in [-0.05, 0) is 23.3 Å². The Morgan fingerprint density at radius 1 is 1.17 bits per heavy atom. The third kappa shape index (κ3) is 4.50. The van der Waals surface area contributed by atoms with Gasteiger partial charge in [0.15, 0.2) is 11.9 Å². The molecule has 4 aromatic rings. The van der Waals surface area contributed by atoms with Gasteiger partial charge in [-0.1, -0.05) is 42.5 Å². The molecule has 1 atom stereocenters. The van der Waals surface area contributed by atoms with Crippen LogP contribution in [0.1, 0.15) is 5.56 Å². The zero-order chi connectivity index (χ0) is 24.4. The smallest absolute Gasteiger partial charge is 0.409 e. The van der Waals surface area contributed by atoms with Crippen LogP contribution in [0, 0.1) is 0 Å². The lowest BCUT2D eigenvalue weighted by molar-refractivity contribution is -0.0445. The topological polar surface area (TPSA) is 93.0 Å². The van der Waals surface area contributed by atoms with Crippen molar-refractivity contribution in [3.8, 4) is 16.9 Å². The molecule has 1 aliphatic heterocycles. The predicted octanol–water partition coefficient (Wildman–Crippen LogP) is 3.93. The Balaban J connectivity index is 1.57. The summed E-state index contributed by atoms with van der Waals surface area (Å²) >= 11 is 0. The zero-order valence-electron chi connectivity index (χ0n) is 19.7. The first-order chi connectivity index (χ1) is 17.0. The Kier molecular flexibility index (Phi) is 6.24. The Morgan fingerprint density at radius 3 is 2.66 bits per heavy atom. The van der Waals surface area contributed by atoms with E-state index < -0.39 is 12.3 Å². The van der Waals surface area contributed by atoms with Gasteiger partial charge in [0.25, 0.3) is 0 Å². The summed E-state index contributed by atoms with van der Waals surface area (Å²) in [5, 5.41) is 15.0. The molecule has 0 bridgehead atoms. The minimum absolute atomic E-state index is 0.408. The average molecular weight is 474 g/mol. The summed E-state index contributed by atoms with van der Waals surface area (Å²) in [7, 11) is 3.18. The molecule has 0 radical (unpaired) electrons. The number of morpholine rings is 1. The molecule has 5 rings (SSSR count). The third-order valence-corrected chi connectivity index (χ3v) is 6.31. The number of rotatable bonds is 6. The van der Waals surface area contributed by atoms with E-state index in [1.807, 2.05) is 59.5 Å². The van der Waals surface area contributed by atoms with Crippen molar-refractivity contribution in [1.29, 1.82) is 0 Å². The number of ether oxygens (including phenoxy) is 2. The van der Waals surface area contributed by atoms with Crippen molar-refractivity contribution in [3.05, 3.63) is 72.6 Å². The molecular weight excluding hydrogens is 446 g/mol. The summed E-state index contributed by atoms with van der Waals surface area (Å²) in [5.41, 5.74) is 4.84. The molecule has 2 aromatic carbocycles. The molecule has 1 amide bonds. The second kappa shape index (κ2) is 9.63. The molecule has 35 heavy (non-hydrogen) atoms. The van der Waals surface area contributed by atoms with Gasteiger partial charge in [-0.2, -0.15) is 5.10 Å². The van der Waals surface area contributed by atoms with Gasteiger partial charge in [0, 0.05) is 25.4 Å².